The van der Waals surface area contributed by atoms with Crippen molar-refractivity contribution in [1.82, 2.24) is 10.2 Å². The van der Waals surface area contributed by atoms with E-state index in [1.54, 1.807) is 6.07 Å². The van der Waals surface area contributed by atoms with Crippen molar-refractivity contribution in [1.29, 1.82) is 0 Å². The molecule has 3 rings (SSSR count). The molecule has 0 unspecified atom stereocenters. The van der Waals surface area contributed by atoms with E-state index in [9.17, 15) is 9.59 Å². The third-order valence-electron chi connectivity index (χ3n) is 4.64. The molecule has 0 bridgehead atoms. The molecule has 29 heavy (non-hydrogen) atoms. The molecule has 0 spiro atoms. The minimum Gasteiger partial charge on any atom is -0.478 e. The number of furan rings is 1. The number of aromatic carboxylic acids is 1. The lowest BCUT2D eigenvalue weighted by atomic mass is 10.2. The summed E-state index contributed by atoms with van der Waals surface area (Å²) >= 11 is 12.0. The number of amides is 1. The molecule has 1 aliphatic heterocycles. The first kappa shape index (κ1) is 21.6. The first-order valence-corrected chi connectivity index (χ1v) is 10.0. The molecular formula is C20H22Cl2N2O5. The van der Waals surface area contributed by atoms with Crippen molar-refractivity contribution in [2.75, 3.05) is 26.2 Å². The Labute approximate surface area is 178 Å². The summed E-state index contributed by atoms with van der Waals surface area (Å²) < 4.78 is 10.9. The lowest BCUT2D eigenvalue weighted by Crippen LogP contribution is -2.47. The molecule has 7 nitrogen and oxygen atoms in total. The maximum absolute atomic E-state index is 12.1. The summed E-state index contributed by atoms with van der Waals surface area (Å²) in [5.74, 6) is -0.716. The Hall–Kier alpha value is -2.06. The number of rotatable bonds is 8. The fourth-order valence-electron chi connectivity index (χ4n) is 3.12. The summed E-state index contributed by atoms with van der Waals surface area (Å²) in [5.41, 5.74) is 1.15. The highest BCUT2D eigenvalue weighted by Crippen LogP contribution is 2.23. The fourth-order valence-corrected chi connectivity index (χ4v) is 3.44. The molecule has 1 atom stereocenters. The molecular weight excluding hydrogens is 419 g/mol. The van der Waals surface area contributed by atoms with Gasteiger partial charge in [0, 0.05) is 39.0 Å². The van der Waals surface area contributed by atoms with Crippen LogP contribution in [0.3, 0.4) is 0 Å². The lowest BCUT2D eigenvalue weighted by molar-refractivity contribution is -0.122. The smallest absolute Gasteiger partial charge is 0.338 e. The van der Waals surface area contributed by atoms with Gasteiger partial charge in [0.2, 0.25) is 5.91 Å². The van der Waals surface area contributed by atoms with Crippen LogP contribution in [0.25, 0.3) is 0 Å². The zero-order chi connectivity index (χ0) is 20.8. The predicted octanol–water partition coefficient (Wildman–Crippen LogP) is 3.23. The Morgan fingerprint density at radius 1 is 1.24 bits per heavy atom. The Morgan fingerprint density at radius 3 is 2.79 bits per heavy atom. The first-order valence-electron chi connectivity index (χ1n) is 9.26. The number of carbonyl (C=O) groups is 2. The summed E-state index contributed by atoms with van der Waals surface area (Å²) in [6, 6.07) is 7.03. The first-order chi connectivity index (χ1) is 13.9. The molecule has 2 N–H and O–H groups in total. The summed E-state index contributed by atoms with van der Waals surface area (Å²) in [6.45, 7) is 3.23. The van der Waals surface area contributed by atoms with Crippen LogP contribution in [0.1, 0.15) is 28.1 Å². The van der Waals surface area contributed by atoms with Crippen LogP contribution >= 0.6 is 23.2 Å². The van der Waals surface area contributed by atoms with Crippen molar-refractivity contribution < 1.29 is 23.8 Å². The molecule has 1 aromatic heterocycles. The third kappa shape index (κ3) is 6.47. The van der Waals surface area contributed by atoms with E-state index in [-0.39, 0.29) is 24.0 Å². The van der Waals surface area contributed by atoms with E-state index in [0.717, 1.165) is 18.7 Å². The number of carboxylic acid groups (broad SMARTS) is 1. The van der Waals surface area contributed by atoms with E-state index >= 15 is 0 Å². The number of nitrogens with one attached hydrogen (secondary N) is 1. The second-order valence-corrected chi connectivity index (χ2v) is 7.70. The Kier molecular flexibility index (Phi) is 7.55. The van der Waals surface area contributed by atoms with Crippen LogP contribution in [-0.4, -0.2) is 54.2 Å². The number of aryl methyl sites for hydroxylation is 1. The summed E-state index contributed by atoms with van der Waals surface area (Å²) in [4.78, 5) is 25.2. The minimum absolute atomic E-state index is 0.0816. The second kappa shape index (κ2) is 10.1. The van der Waals surface area contributed by atoms with Crippen LogP contribution in [-0.2, 0) is 22.5 Å². The predicted molar refractivity (Wildman–Crippen MR) is 108 cm³/mol. The molecule has 1 amide bonds. The fraction of sp³-hybridized carbons (Fsp3) is 0.400. The number of hydrogen-bond acceptors (Lipinski definition) is 5. The van der Waals surface area contributed by atoms with Crippen molar-refractivity contribution in [2.24, 2.45) is 0 Å². The van der Waals surface area contributed by atoms with Gasteiger partial charge in [-0.25, -0.2) is 4.79 Å². The Balaban J connectivity index is 1.40. The maximum atomic E-state index is 12.1. The van der Waals surface area contributed by atoms with Crippen LogP contribution in [0.15, 0.2) is 34.9 Å². The molecule has 0 saturated carbocycles. The van der Waals surface area contributed by atoms with Crippen LogP contribution in [0, 0.1) is 0 Å². The van der Waals surface area contributed by atoms with Gasteiger partial charge in [0.1, 0.15) is 12.0 Å². The molecule has 9 heteroatoms. The molecule has 1 saturated heterocycles. The average molecular weight is 441 g/mol. The maximum Gasteiger partial charge on any atom is 0.338 e. The van der Waals surface area contributed by atoms with Crippen molar-refractivity contribution in [2.45, 2.75) is 25.5 Å². The molecule has 1 aliphatic rings. The summed E-state index contributed by atoms with van der Waals surface area (Å²) in [7, 11) is 0. The monoisotopic (exact) mass is 440 g/mol. The van der Waals surface area contributed by atoms with Gasteiger partial charge < -0.3 is 19.6 Å². The Morgan fingerprint density at radius 2 is 2.07 bits per heavy atom. The highest BCUT2D eigenvalue weighted by Gasteiger charge is 2.21. The van der Waals surface area contributed by atoms with Crippen molar-refractivity contribution in [3.63, 3.8) is 0 Å². The molecule has 0 radical (unpaired) electrons. The van der Waals surface area contributed by atoms with Crippen LogP contribution < -0.4 is 5.32 Å². The summed E-state index contributed by atoms with van der Waals surface area (Å²) in [6.07, 6.45) is 1.63. The molecule has 1 aromatic carbocycles. The van der Waals surface area contributed by atoms with Gasteiger partial charge in [0.05, 0.1) is 28.3 Å². The zero-order valence-electron chi connectivity index (χ0n) is 15.7. The van der Waals surface area contributed by atoms with E-state index in [1.165, 1.54) is 12.3 Å². The van der Waals surface area contributed by atoms with E-state index < -0.39 is 5.97 Å². The standard InChI is InChI=1S/C20H22Cl2N2O5/c21-17-3-1-13(7-18(17)22)10-24-5-6-28-16(11-24)9-23-19(25)4-2-15-8-14(12-29-15)20(26)27/h1,3,7-8,12,16H,2,4-6,9-11H2,(H,23,25)(H,26,27)/t16-/m0/s1. The molecule has 2 heterocycles. The number of carbonyl (C=O) groups excluding carboxylic acids is 1. The number of nitrogens with zero attached hydrogens (tertiary/aromatic N) is 1. The topological polar surface area (TPSA) is 92.0 Å². The third-order valence-corrected chi connectivity index (χ3v) is 5.38. The van der Waals surface area contributed by atoms with Gasteiger partial charge in [-0.15, -0.1) is 0 Å². The van der Waals surface area contributed by atoms with Gasteiger partial charge in [0.25, 0.3) is 0 Å². The normalized spacial score (nSPS) is 17.2. The van der Waals surface area contributed by atoms with Crippen molar-refractivity contribution in [3.8, 4) is 0 Å². The van der Waals surface area contributed by atoms with Crippen LogP contribution in [0.2, 0.25) is 10.0 Å². The van der Waals surface area contributed by atoms with E-state index in [0.29, 0.717) is 41.9 Å². The highest BCUT2D eigenvalue weighted by molar-refractivity contribution is 6.42. The van der Waals surface area contributed by atoms with Gasteiger partial charge in [-0.05, 0) is 23.8 Å². The van der Waals surface area contributed by atoms with Gasteiger partial charge in [-0.3, -0.25) is 9.69 Å². The zero-order valence-corrected chi connectivity index (χ0v) is 17.2. The van der Waals surface area contributed by atoms with E-state index in [1.807, 2.05) is 12.1 Å². The quantitative estimate of drug-likeness (QED) is 0.654. The van der Waals surface area contributed by atoms with Gasteiger partial charge in [-0.2, -0.15) is 0 Å². The molecule has 2 aromatic rings. The number of hydrogen-bond donors (Lipinski definition) is 2. The van der Waals surface area contributed by atoms with Crippen molar-refractivity contribution in [3.05, 3.63) is 57.5 Å². The summed E-state index contributed by atoms with van der Waals surface area (Å²) in [5, 5.41) is 12.8. The SMILES string of the molecule is O=C(CCc1cc(C(=O)O)co1)NC[C@H]1CN(Cc2ccc(Cl)c(Cl)c2)CCO1. The molecule has 1 fully saturated rings. The number of benzene rings is 1. The molecule has 156 valence electrons. The minimum atomic E-state index is -1.05. The number of morpholine rings is 1. The van der Waals surface area contributed by atoms with Crippen LogP contribution in [0.5, 0.6) is 0 Å². The second-order valence-electron chi connectivity index (χ2n) is 6.89. The average Bonchev–Trinajstić information content (AvgIpc) is 3.17. The van der Waals surface area contributed by atoms with Crippen molar-refractivity contribution >= 4 is 35.1 Å². The Bertz CT molecular complexity index is 870. The lowest BCUT2D eigenvalue weighted by Gasteiger charge is -2.33. The van der Waals surface area contributed by atoms with Gasteiger partial charge >= 0.3 is 5.97 Å². The largest absolute Gasteiger partial charge is 0.478 e. The van der Waals surface area contributed by atoms with Gasteiger partial charge in [0.15, 0.2) is 0 Å². The van der Waals surface area contributed by atoms with Gasteiger partial charge in [-0.1, -0.05) is 29.3 Å². The van der Waals surface area contributed by atoms with Crippen LogP contribution in [0.4, 0.5) is 0 Å². The number of halogens is 2. The van der Waals surface area contributed by atoms with E-state index in [2.05, 4.69) is 10.2 Å². The van der Waals surface area contributed by atoms with E-state index in [4.69, 9.17) is 37.5 Å². The number of ether oxygens (including phenoxy) is 1. The number of carboxylic acids is 1. The molecule has 0 aliphatic carbocycles. The highest BCUT2D eigenvalue weighted by atomic mass is 35.5.